The lowest BCUT2D eigenvalue weighted by Gasteiger charge is -2.11. The molecule has 0 spiro atoms. The summed E-state index contributed by atoms with van der Waals surface area (Å²) in [5.41, 5.74) is 8.88. The Balaban J connectivity index is 1.06. The van der Waals surface area contributed by atoms with E-state index in [1.165, 1.54) is 10.8 Å². The van der Waals surface area contributed by atoms with Crippen LogP contribution in [0.2, 0.25) is 0 Å². The molecule has 0 fully saturated rings. The average molecular weight is 743 g/mol. The summed E-state index contributed by atoms with van der Waals surface area (Å²) >= 11 is 0. The highest BCUT2D eigenvalue weighted by Gasteiger charge is 2.20. The average Bonchev–Trinajstić information content (AvgIpc) is 3.91. The number of aromatic nitrogens is 4. The van der Waals surface area contributed by atoms with Gasteiger partial charge in [0.2, 0.25) is 5.89 Å². The minimum Gasteiger partial charge on any atom is -0.456 e. The van der Waals surface area contributed by atoms with Crippen molar-refractivity contribution in [2.45, 2.75) is 0 Å². The van der Waals surface area contributed by atoms with Crippen molar-refractivity contribution >= 4 is 65.4 Å². The predicted molar refractivity (Wildman–Crippen MR) is 234 cm³/mol. The van der Waals surface area contributed by atoms with Crippen LogP contribution in [0.1, 0.15) is 0 Å². The van der Waals surface area contributed by atoms with Crippen molar-refractivity contribution in [3.63, 3.8) is 0 Å². The molecule has 0 aliphatic rings. The van der Waals surface area contributed by atoms with Crippen molar-refractivity contribution in [2.75, 3.05) is 0 Å². The fourth-order valence-electron chi connectivity index (χ4n) is 8.25. The molecule has 12 aromatic rings. The van der Waals surface area contributed by atoms with Crippen LogP contribution in [0.4, 0.5) is 0 Å². The van der Waals surface area contributed by atoms with Crippen molar-refractivity contribution < 1.29 is 8.83 Å². The van der Waals surface area contributed by atoms with E-state index in [9.17, 15) is 0 Å². The van der Waals surface area contributed by atoms with Gasteiger partial charge in [-0.15, -0.1) is 0 Å². The van der Waals surface area contributed by atoms with Gasteiger partial charge in [0.15, 0.2) is 23.1 Å². The fourth-order valence-corrected chi connectivity index (χ4v) is 8.25. The number of rotatable bonds is 5. The van der Waals surface area contributed by atoms with Crippen LogP contribution in [-0.4, -0.2) is 19.9 Å². The van der Waals surface area contributed by atoms with Crippen molar-refractivity contribution in [3.05, 3.63) is 182 Å². The van der Waals surface area contributed by atoms with Gasteiger partial charge in [-0.3, -0.25) is 0 Å². The number of hydrogen-bond donors (Lipinski definition) is 0. The highest BCUT2D eigenvalue weighted by Crippen LogP contribution is 2.41. The van der Waals surface area contributed by atoms with E-state index in [1.807, 2.05) is 54.6 Å². The highest BCUT2D eigenvalue weighted by atomic mass is 16.4. The van der Waals surface area contributed by atoms with E-state index in [-0.39, 0.29) is 0 Å². The minimum atomic E-state index is 0.571. The number of benzene rings is 9. The van der Waals surface area contributed by atoms with E-state index in [0.29, 0.717) is 28.9 Å². The normalized spacial score (nSPS) is 11.8. The Morgan fingerprint density at radius 3 is 1.52 bits per heavy atom. The second-order valence-electron chi connectivity index (χ2n) is 14.6. The SMILES string of the molecule is c1ccc(-c2ccc(-c3nc(-c4ccc5ccc6ccccc6c5c4)nc(-c4ccc5ccc6oc7ccc8oc(-c9ccccc9)nc8c7c6c5c4)n3)cc2)cc1. The van der Waals surface area contributed by atoms with Crippen LogP contribution in [0, 0.1) is 0 Å². The Hall–Kier alpha value is -7.96. The maximum atomic E-state index is 6.47. The molecule has 0 saturated heterocycles. The van der Waals surface area contributed by atoms with Crippen molar-refractivity contribution in [1.29, 1.82) is 0 Å². The lowest BCUT2D eigenvalue weighted by atomic mass is 9.99. The molecule has 0 aliphatic carbocycles. The zero-order chi connectivity index (χ0) is 38.2. The summed E-state index contributed by atoms with van der Waals surface area (Å²) < 4.78 is 12.8. The first-order valence-corrected chi connectivity index (χ1v) is 19.3. The number of oxazole rings is 1. The maximum absolute atomic E-state index is 6.47. The van der Waals surface area contributed by atoms with Gasteiger partial charge in [-0.1, -0.05) is 140 Å². The lowest BCUT2D eigenvalue weighted by Crippen LogP contribution is -2.00. The Morgan fingerprint density at radius 1 is 0.293 bits per heavy atom. The van der Waals surface area contributed by atoms with Crippen LogP contribution >= 0.6 is 0 Å². The van der Waals surface area contributed by atoms with Gasteiger partial charge in [-0.05, 0) is 85.9 Å². The first-order valence-electron chi connectivity index (χ1n) is 19.3. The molecule has 0 aliphatic heterocycles. The molecule has 0 radical (unpaired) electrons. The molecular weight excluding hydrogens is 713 g/mol. The first kappa shape index (κ1) is 32.3. The van der Waals surface area contributed by atoms with Crippen molar-refractivity contribution in [3.8, 4) is 56.7 Å². The van der Waals surface area contributed by atoms with Crippen LogP contribution in [-0.2, 0) is 0 Å². The number of nitrogens with zero attached hydrogens (tertiary/aromatic N) is 4. The summed E-state index contributed by atoms with van der Waals surface area (Å²) in [6.45, 7) is 0. The topological polar surface area (TPSA) is 77.8 Å². The first-order chi connectivity index (χ1) is 28.7. The molecule has 0 atom stereocenters. The molecule has 0 bridgehead atoms. The second kappa shape index (κ2) is 12.8. The van der Waals surface area contributed by atoms with Gasteiger partial charge in [-0.2, -0.15) is 0 Å². The van der Waals surface area contributed by atoms with Gasteiger partial charge in [0, 0.05) is 27.6 Å². The third-order valence-electron chi connectivity index (χ3n) is 11.1. The monoisotopic (exact) mass is 742 g/mol. The minimum absolute atomic E-state index is 0.571. The van der Waals surface area contributed by atoms with Crippen LogP contribution in [0.3, 0.4) is 0 Å². The third-order valence-corrected chi connectivity index (χ3v) is 11.1. The van der Waals surface area contributed by atoms with E-state index in [4.69, 9.17) is 28.8 Å². The summed E-state index contributed by atoms with van der Waals surface area (Å²) in [4.78, 5) is 20.5. The zero-order valence-electron chi connectivity index (χ0n) is 30.9. The summed E-state index contributed by atoms with van der Waals surface area (Å²) in [5.74, 6) is 2.35. The molecule has 6 nitrogen and oxygen atoms in total. The molecule has 0 unspecified atom stereocenters. The largest absolute Gasteiger partial charge is 0.456 e. The highest BCUT2D eigenvalue weighted by molar-refractivity contribution is 6.25. The van der Waals surface area contributed by atoms with E-state index >= 15 is 0 Å². The third kappa shape index (κ3) is 5.27. The summed E-state index contributed by atoms with van der Waals surface area (Å²) in [7, 11) is 0. The van der Waals surface area contributed by atoms with Crippen molar-refractivity contribution in [2.24, 2.45) is 0 Å². The van der Waals surface area contributed by atoms with E-state index in [1.54, 1.807) is 0 Å². The van der Waals surface area contributed by atoms with Gasteiger partial charge < -0.3 is 8.83 Å². The molecule has 6 heteroatoms. The van der Waals surface area contributed by atoms with Crippen LogP contribution in [0.15, 0.2) is 191 Å². The number of furan rings is 1. The lowest BCUT2D eigenvalue weighted by molar-refractivity contribution is 0.619. The van der Waals surface area contributed by atoms with Crippen LogP contribution < -0.4 is 0 Å². The molecule has 270 valence electrons. The molecule has 9 aromatic carbocycles. The molecule has 3 heterocycles. The second-order valence-corrected chi connectivity index (χ2v) is 14.6. The molecule has 0 amide bonds. The Labute approximate surface area is 331 Å². The van der Waals surface area contributed by atoms with Gasteiger partial charge >= 0.3 is 0 Å². The Morgan fingerprint density at radius 2 is 0.776 bits per heavy atom. The summed E-state index contributed by atoms with van der Waals surface area (Å²) in [5, 5.41) is 8.66. The van der Waals surface area contributed by atoms with E-state index in [0.717, 1.165) is 82.4 Å². The predicted octanol–water partition coefficient (Wildman–Crippen LogP) is 13.7. The summed E-state index contributed by atoms with van der Waals surface area (Å²) in [6, 6.07) is 62.5. The van der Waals surface area contributed by atoms with Crippen LogP contribution in [0.5, 0.6) is 0 Å². The van der Waals surface area contributed by atoms with Crippen LogP contribution in [0.25, 0.3) is 122 Å². The smallest absolute Gasteiger partial charge is 0.227 e. The van der Waals surface area contributed by atoms with E-state index in [2.05, 4.69) is 127 Å². The Bertz CT molecular complexity index is 3560. The molecule has 58 heavy (non-hydrogen) atoms. The van der Waals surface area contributed by atoms with Gasteiger partial charge in [0.25, 0.3) is 0 Å². The summed E-state index contributed by atoms with van der Waals surface area (Å²) in [6.07, 6.45) is 0. The molecular formula is C52H30N4O2. The van der Waals surface area contributed by atoms with Crippen molar-refractivity contribution in [1.82, 2.24) is 19.9 Å². The molecule has 0 N–H and O–H groups in total. The number of fused-ring (bicyclic) bond motifs is 10. The fraction of sp³-hybridized carbons (Fsp3) is 0. The quantitative estimate of drug-likeness (QED) is 0.163. The standard InChI is InChI=1S/C52H30N4O2/c1-3-9-31(10-4-1)32-15-21-36(22-16-32)49-54-50(38-23-19-34-18-17-33-11-7-8-14-40(33)41(34)29-38)56-51(55-49)39-24-20-35-25-26-43-46(42(35)30-39)47-44(57-43)27-28-45-48(47)53-52(58-45)37-12-5-2-6-13-37/h1-30H. The number of hydrogen-bond acceptors (Lipinski definition) is 6. The Kier molecular flexibility index (Phi) is 7.13. The van der Waals surface area contributed by atoms with E-state index < -0.39 is 0 Å². The molecule has 12 rings (SSSR count). The van der Waals surface area contributed by atoms with Gasteiger partial charge in [-0.25, -0.2) is 19.9 Å². The zero-order valence-corrected chi connectivity index (χ0v) is 30.9. The van der Waals surface area contributed by atoms with Gasteiger partial charge in [0.05, 0.1) is 5.39 Å². The van der Waals surface area contributed by atoms with Gasteiger partial charge in [0.1, 0.15) is 16.7 Å². The molecule has 3 aromatic heterocycles. The molecule has 0 saturated carbocycles. The maximum Gasteiger partial charge on any atom is 0.227 e.